The van der Waals surface area contributed by atoms with Gasteiger partial charge in [-0.25, -0.2) is 0 Å². The normalized spacial score (nSPS) is 12.0. The summed E-state index contributed by atoms with van der Waals surface area (Å²) in [6.07, 6.45) is 2.03. The Morgan fingerprint density at radius 1 is 1.44 bits per heavy atom. The van der Waals surface area contributed by atoms with Gasteiger partial charge in [-0.15, -0.1) is 0 Å². The summed E-state index contributed by atoms with van der Waals surface area (Å²) in [6, 6.07) is 5.85. The zero-order valence-corrected chi connectivity index (χ0v) is 11.5. The SMILES string of the molecule is Cn1ccc2c(Cl)cc(C(C)(C)CC(=O)O)cc21. The average molecular weight is 266 g/mol. The quantitative estimate of drug-likeness (QED) is 0.922. The molecule has 0 radical (unpaired) electrons. The molecule has 0 fully saturated rings. The fraction of sp³-hybridized carbons (Fsp3) is 0.357. The minimum absolute atomic E-state index is 0.0826. The maximum absolute atomic E-state index is 10.9. The summed E-state index contributed by atoms with van der Waals surface area (Å²) in [5, 5.41) is 10.6. The van der Waals surface area contributed by atoms with E-state index in [9.17, 15) is 4.79 Å². The molecule has 0 atom stereocenters. The lowest BCUT2D eigenvalue weighted by Gasteiger charge is -2.23. The standard InChI is InChI=1S/C14H16ClNO2/c1-14(2,8-13(17)18)9-6-11(15)10-4-5-16(3)12(10)7-9/h4-7H,8H2,1-3H3,(H,17,18). The van der Waals surface area contributed by atoms with E-state index in [1.165, 1.54) is 0 Å². The number of hydrogen-bond donors (Lipinski definition) is 1. The zero-order chi connectivity index (χ0) is 13.5. The molecule has 0 unspecified atom stereocenters. The van der Waals surface area contributed by atoms with E-state index in [1.807, 2.05) is 49.9 Å². The van der Waals surface area contributed by atoms with Crippen molar-refractivity contribution in [3.8, 4) is 0 Å². The van der Waals surface area contributed by atoms with Crippen molar-refractivity contribution in [1.29, 1.82) is 0 Å². The largest absolute Gasteiger partial charge is 0.481 e. The molecule has 1 aromatic carbocycles. The minimum atomic E-state index is -0.803. The van der Waals surface area contributed by atoms with Crippen LogP contribution < -0.4 is 0 Å². The van der Waals surface area contributed by atoms with Gasteiger partial charge in [0.1, 0.15) is 0 Å². The number of aliphatic carboxylic acids is 1. The number of aromatic nitrogens is 1. The first kappa shape index (κ1) is 13.0. The molecular weight excluding hydrogens is 250 g/mol. The van der Waals surface area contributed by atoms with Crippen LogP contribution in [0.25, 0.3) is 10.9 Å². The average Bonchev–Trinajstić information content (AvgIpc) is 2.59. The Kier molecular flexibility index (Phi) is 3.11. The molecule has 4 heteroatoms. The summed E-state index contributed by atoms with van der Waals surface area (Å²) < 4.78 is 1.99. The Labute approximate surface area is 111 Å². The van der Waals surface area contributed by atoms with Crippen LogP contribution in [-0.4, -0.2) is 15.6 Å². The highest BCUT2D eigenvalue weighted by atomic mass is 35.5. The summed E-state index contributed by atoms with van der Waals surface area (Å²) >= 11 is 6.26. The van der Waals surface area contributed by atoms with E-state index < -0.39 is 11.4 Å². The summed E-state index contributed by atoms with van der Waals surface area (Å²) in [5.74, 6) is -0.803. The molecule has 0 aliphatic heterocycles. The number of halogens is 1. The Bertz CT molecular complexity index is 614. The lowest BCUT2D eigenvalue weighted by atomic mass is 9.81. The number of benzene rings is 1. The Morgan fingerprint density at radius 2 is 2.11 bits per heavy atom. The van der Waals surface area contributed by atoms with Crippen LogP contribution in [0, 0.1) is 0 Å². The molecule has 3 nitrogen and oxygen atoms in total. The van der Waals surface area contributed by atoms with Gasteiger partial charge in [0.15, 0.2) is 0 Å². The molecule has 0 aliphatic carbocycles. The van der Waals surface area contributed by atoms with Gasteiger partial charge in [-0.05, 0) is 23.8 Å². The van der Waals surface area contributed by atoms with Gasteiger partial charge >= 0.3 is 5.97 Å². The summed E-state index contributed by atoms with van der Waals surface area (Å²) in [4.78, 5) is 10.9. The number of carboxylic acid groups (broad SMARTS) is 1. The number of carboxylic acids is 1. The zero-order valence-electron chi connectivity index (χ0n) is 10.7. The molecule has 96 valence electrons. The van der Waals surface area contributed by atoms with Crippen molar-refractivity contribution in [3.63, 3.8) is 0 Å². The third kappa shape index (κ3) is 2.23. The Hall–Kier alpha value is -1.48. The van der Waals surface area contributed by atoms with Crippen molar-refractivity contribution in [2.75, 3.05) is 0 Å². The van der Waals surface area contributed by atoms with Crippen LogP contribution in [0.5, 0.6) is 0 Å². The molecule has 0 bridgehead atoms. The van der Waals surface area contributed by atoms with Crippen LogP contribution in [0.2, 0.25) is 5.02 Å². The second-order valence-electron chi connectivity index (χ2n) is 5.27. The van der Waals surface area contributed by atoms with Crippen LogP contribution in [0.1, 0.15) is 25.8 Å². The van der Waals surface area contributed by atoms with Crippen LogP contribution in [0.3, 0.4) is 0 Å². The topological polar surface area (TPSA) is 42.2 Å². The maximum Gasteiger partial charge on any atom is 0.304 e. The Morgan fingerprint density at radius 3 is 2.72 bits per heavy atom. The highest BCUT2D eigenvalue weighted by Gasteiger charge is 2.25. The van der Waals surface area contributed by atoms with Gasteiger partial charge in [-0.2, -0.15) is 0 Å². The molecular formula is C14H16ClNO2. The van der Waals surface area contributed by atoms with Gasteiger partial charge in [-0.3, -0.25) is 4.79 Å². The van der Waals surface area contributed by atoms with E-state index in [2.05, 4.69) is 0 Å². The molecule has 0 amide bonds. The van der Waals surface area contributed by atoms with Crippen molar-refractivity contribution >= 4 is 28.5 Å². The van der Waals surface area contributed by atoms with Crippen molar-refractivity contribution in [1.82, 2.24) is 4.57 Å². The third-order valence-corrected chi connectivity index (χ3v) is 3.64. The first-order valence-corrected chi connectivity index (χ1v) is 6.16. The molecule has 0 aliphatic rings. The van der Waals surface area contributed by atoms with Gasteiger partial charge in [0.05, 0.1) is 11.4 Å². The number of rotatable bonds is 3. The fourth-order valence-corrected chi connectivity index (χ4v) is 2.47. The van der Waals surface area contributed by atoms with Crippen molar-refractivity contribution in [2.45, 2.75) is 25.7 Å². The van der Waals surface area contributed by atoms with E-state index >= 15 is 0 Å². The monoisotopic (exact) mass is 265 g/mol. The second kappa shape index (κ2) is 4.32. The highest BCUT2D eigenvalue weighted by Crippen LogP contribution is 2.34. The first-order valence-electron chi connectivity index (χ1n) is 5.78. The van der Waals surface area contributed by atoms with Gasteiger partial charge in [0.2, 0.25) is 0 Å². The lowest BCUT2D eigenvalue weighted by Crippen LogP contribution is -2.21. The van der Waals surface area contributed by atoms with Gasteiger partial charge in [-0.1, -0.05) is 25.4 Å². The molecule has 1 aromatic heterocycles. The molecule has 0 saturated heterocycles. The van der Waals surface area contributed by atoms with E-state index in [-0.39, 0.29) is 6.42 Å². The number of aryl methyl sites for hydroxylation is 1. The van der Waals surface area contributed by atoms with Crippen molar-refractivity contribution in [3.05, 3.63) is 35.0 Å². The lowest BCUT2D eigenvalue weighted by molar-refractivity contribution is -0.138. The van der Waals surface area contributed by atoms with E-state index in [4.69, 9.17) is 16.7 Å². The van der Waals surface area contributed by atoms with Crippen LogP contribution >= 0.6 is 11.6 Å². The molecule has 2 aromatic rings. The number of fused-ring (bicyclic) bond motifs is 1. The first-order chi connectivity index (χ1) is 8.31. The number of carbonyl (C=O) groups is 1. The van der Waals surface area contributed by atoms with Gasteiger partial charge in [0, 0.05) is 29.6 Å². The summed E-state index contributed by atoms with van der Waals surface area (Å²) in [5.41, 5.74) is 1.54. The van der Waals surface area contributed by atoms with Gasteiger partial charge in [0.25, 0.3) is 0 Å². The molecule has 1 heterocycles. The van der Waals surface area contributed by atoms with Crippen LogP contribution in [0.15, 0.2) is 24.4 Å². The molecule has 0 spiro atoms. The van der Waals surface area contributed by atoms with E-state index in [1.54, 1.807) is 0 Å². The van der Waals surface area contributed by atoms with E-state index in [0.29, 0.717) is 5.02 Å². The summed E-state index contributed by atoms with van der Waals surface area (Å²) in [6.45, 7) is 3.84. The smallest absolute Gasteiger partial charge is 0.304 e. The van der Waals surface area contributed by atoms with Crippen LogP contribution in [-0.2, 0) is 17.3 Å². The fourth-order valence-electron chi connectivity index (χ4n) is 2.20. The predicted octanol–water partition coefficient (Wildman–Crippen LogP) is 3.58. The molecule has 0 saturated carbocycles. The Balaban J connectivity index is 2.58. The predicted molar refractivity (Wildman–Crippen MR) is 73.2 cm³/mol. The van der Waals surface area contributed by atoms with E-state index in [0.717, 1.165) is 16.5 Å². The highest BCUT2D eigenvalue weighted by molar-refractivity contribution is 6.35. The van der Waals surface area contributed by atoms with Crippen molar-refractivity contribution < 1.29 is 9.90 Å². The second-order valence-corrected chi connectivity index (χ2v) is 5.68. The molecule has 2 rings (SSSR count). The number of hydrogen-bond acceptors (Lipinski definition) is 1. The van der Waals surface area contributed by atoms with Crippen LogP contribution in [0.4, 0.5) is 0 Å². The third-order valence-electron chi connectivity index (χ3n) is 3.33. The molecule has 1 N–H and O–H groups in total. The summed E-state index contributed by atoms with van der Waals surface area (Å²) in [7, 11) is 1.95. The molecule has 18 heavy (non-hydrogen) atoms. The maximum atomic E-state index is 10.9. The minimum Gasteiger partial charge on any atom is -0.481 e. The number of nitrogens with zero attached hydrogens (tertiary/aromatic N) is 1. The van der Waals surface area contributed by atoms with Crippen molar-refractivity contribution in [2.24, 2.45) is 7.05 Å². The van der Waals surface area contributed by atoms with Gasteiger partial charge < -0.3 is 9.67 Å².